The van der Waals surface area contributed by atoms with Crippen molar-refractivity contribution in [1.82, 2.24) is 14.7 Å². The fourth-order valence-corrected chi connectivity index (χ4v) is 3.41. The van der Waals surface area contributed by atoms with Gasteiger partial charge in [0.2, 0.25) is 0 Å². The first-order chi connectivity index (χ1) is 12.0. The van der Waals surface area contributed by atoms with Gasteiger partial charge in [0.05, 0.1) is 19.8 Å². The van der Waals surface area contributed by atoms with Crippen LogP contribution >= 0.6 is 16.5 Å². The molecule has 2 atom stereocenters. The minimum absolute atomic E-state index is 0.146. The number of nitrogens with zero attached hydrogens (tertiary/aromatic N) is 3. The lowest BCUT2D eigenvalue weighted by molar-refractivity contribution is -0.149. The van der Waals surface area contributed by atoms with E-state index in [0.717, 1.165) is 0 Å². The number of carboxylic acids is 2. The van der Waals surface area contributed by atoms with E-state index in [0.29, 0.717) is 0 Å². The van der Waals surface area contributed by atoms with Gasteiger partial charge in [0.25, 0.3) is 0 Å². The first-order valence-electron chi connectivity index (χ1n) is 7.36. The second-order valence-corrected chi connectivity index (χ2v) is 7.66. The summed E-state index contributed by atoms with van der Waals surface area (Å²) in [6.07, 6.45) is 0. The Kier molecular flexibility index (Phi) is 9.31. The molecule has 1 heterocycles. The maximum absolute atomic E-state index is 11.1. The number of carbonyl (C=O) groups is 2. The highest BCUT2D eigenvalue weighted by Crippen LogP contribution is 2.26. The Morgan fingerprint density at radius 3 is 1.69 bits per heavy atom. The van der Waals surface area contributed by atoms with Crippen LogP contribution < -0.4 is 0 Å². The molecule has 4 N–H and O–H groups in total. The smallest absolute Gasteiger partial charge is 0.317 e. The first-order valence-corrected chi connectivity index (χ1v) is 9.89. The quantitative estimate of drug-likeness (QED) is 0.285. The molecule has 15 heteroatoms. The summed E-state index contributed by atoms with van der Waals surface area (Å²) < 4.78 is 31.0. The molecule has 0 spiro atoms. The van der Waals surface area contributed by atoms with Crippen LogP contribution in [0.15, 0.2) is 0 Å². The van der Waals surface area contributed by atoms with Crippen molar-refractivity contribution >= 4 is 28.4 Å². The van der Waals surface area contributed by atoms with Gasteiger partial charge in [0, 0.05) is 18.6 Å². The zero-order valence-electron chi connectivity index (χ0n) is 14.0. The molecule has 13 nitrogen and oxygen atoms in total. The second-order valence-electron chi connectivity index (χ2n) is 6.02. The van der Waals surface area contributed by atoms with Gasteiger partial charge in [-0.15, -0.1) is 0 Å². The molecule has 1 aliphatic heterocycles. The van der Waals surface area contributed by atoms with Crippen LogP contribution in [0.5, 0.6) is 0 Å². The van der Waals surface area contributed by atoms with Crippen molar-refractivity contribution in [2.75, 3.05) is 46.3 Å². The van der Waals surface area contributed by atoms with Gasteiger partial charge in [0.15, 0.2) is 0 Å². The van der Waals surface area contributed by atoms with Crippen LogP contribution in [0.3, 0.4) is 0 Å². The normalized spacial score (nSPS) is 24.5. The van der Waals surface area contributed by atoms with Crippen LogP contribution in [0.4, 0.5) is 0 Å². The monoisotopic (exact) mass is 419 g/mol. The van der Waals surface area contributed by atoms with E-state index in [1.807, 2.05) is 0 Å². The summed E-state index contributed by atoms with van der Waals surface area (Å²) in [4.78, 5) is 44.2. The van der Waals surface area contributed by atoms with Crippen molar-refractivity contribution < 1.29 is 47.8 Å². The van der Waals surface area contributed by atoms with Gasteiger partial charge in [-0.3, -0.25) is 42.5 Å². The summed E-state index contributed by atoms with van der Waals surface area (Å²) in [5, 5.41) is 18.1. The highest BCUT2D eigenvalue weighted by Gasteiger charge is 2.41. The first kappa shape index (κ1) is 23.2. The van der Waals surface area contributed by atoms with Crippen LogP contribution in [0.1, 0.15) is 6.92 Å². The summed E-state index contributed by atoms with van der Waals surface area (Å²) in [5.41, 5.74) is -1.00. The van der Waals surface area contributed by atoms with Gasteiger partial charge in [-0.2, -0.15) is 0 Å². The van der Waals surface area contributed by atoms with E-state index in [2.05, 4.69) is 0 Å². The molecule has 26 heavy (non-hydrogen) atoms. The predicted molar refractivity (Wildman–Crippen MR) is 87.9 cm³/mol. The standard InChI is InChI=1S/C11H23N3O10P2/c1-11(14(2-9(15)16)3-10(17)18)4-12(7-23-25(19)20)6-13(5-11)8-24-26(21)22/h25-26H,2-8H2,1H3,(H,15,16)(H,17,18)(H,19,20)(H,21,22). The Labute approximate surface area is 150 Å². The van der Waals surface area contributed by atoms with Gasteiger partial charge >= 0.3 is 28.4 Å². The van der Waals surface area contributed by atoms with Crippen molar-refractivity contribution in [3.05, 3.63) is 0 Å². The number of rotatable bonds is 11. The predicted octanol–water partition coefficient (Wildman–Crippen LogP) is -1.50. The molecule has 1 rings (SSSR count). The third-order valence-electron chi connectivity index (χ3n) is 3.69. The second kappa shape index (κ2) is 10.5. The lowest BCUT2D eigenvalue weighted by atomic mass is 9.96. The Balaban J connectivity index is 2.99. The van der Waals surface area contributed by atoms with E-state index < -0.39 is 47.1 Å². The van der Waals surface area contributed by atoms with Gasteiger partial charge < -0.3 is 20.0 Å². The molecule has 1 fully saturated rings. The summed E-state index contributed by atoms with van der Waals surface area (Å²) in [6.45, 7) is 0.459. The van der Waals surface area contributed by atoms with Gasteiger partial charge in [-0.25, -0.2) is 0 Å². The molecule has 1 saturated heterocycles. The van der Waals surface area contributed by atoms with E-state index in [4.69, 9.17) is 29.0 Å². The molecule has 0 bridgehead atoms. The zero-order chi connectivity index (χ0) is 19.9. The minimum Gasteiger partial charge on any atom is -0.480 e. The van der Waals surface area contributed by atoms with Crippen molar-refractivity contribution in [2.45, 2.75) is 12.5 Å². The topological polar surface area (TPSA) is 177 Å². The molecular formula is C11H23N3O10P2. The van der Waals surface area contributed by atoms with E-state index in [1.54, 1.807) is 6.92 Å². The SMILES string of the molecule is CC1(N(CC(=O)O)CC(=O)O)CN(CO[PH](=O)O)CN(CO[PH](=O)O)C1. The van der Waals surface area contributed by atoms with Crippen LogP contribution in [0, 0.1) is 0 Å². The number of hydrogen-bond acceptors (Lipinski definition) is 9. The average Bonchev–Trinajstić information content (AvgIpc) is 2.49. The third kappa shape index (κ3) is 8.21. The molecule has 0 radical (unpaired) electrons. The maximum atomic E-state index is 11.1. The van der Waals surface area contributed by atoms with Gasteiger partial charge in [-0.1, -0.05) is 0 Å². The van der Waals surface area contributed by atoms with Gasteiger partial charge in [0.1, 0.15) is 13.5 Å². The lowest BCUT2D eigenvalue weighted by Crippen LogP contribution is -2.66. The molecule has 152 valence electrons. The van der Waals surface area contributed by atoms with Crippen molar-refractivity contribution in [2.24, 2.45) is 0 Å². The van der Waals surface area contributed by atoms with E-state index >= 15 is 0 Å². The zero-order valence-corrected chi connectivity index (χ0v) is 16.0. The summed E-state index contributed by atoms with van der Waals surface area (Å²) in [7, 11) is -6.40. The molecular weight excluding hydrogens is 396 g/mol. The summed E-state index contributed by atoms with van der Waals surface area (Å²) in [6, 6.07) is 0. The Bertz CT molecular complexity index is 520. The number of aliphatic carboxylic acids is 2. The lowest BCUT2D eigenvalue weighted by Gasteiger charge is -2.50. The van der Waals surface area contributed by atoms with E-state index in [1.165, 1.54) is 14.7 Å². The molecule has 0 aromatic heterocycles. The Morgan fingerprint density at radius 2 is 1.38 bits per heavy atom. The third-order valence-corrected chi connectivity index (χ3v) is 4.44. The van der Waals surface area contributed by atoms with E-state index in [-0.39, 0.29) is 33.2 Å². The molecule has 1 aliphatic rings. The fourth-order valence-electron chi connectivity index (χ4n) is 2.83. The largest absolute Gasteiger partial charge is 0.480 e. The maximum Gasteiger partial charge on any atom is 0.317 e. The van der Waals surface area contributed by atoms with Gasteiger partial charge in [-0.05, 0) is 6.92 Å². The highest BCUT2D eigenvalue weighted by molar-refractivity contribution is 7.32. The van der Waals surface area contributed by atoms with Crippen LogP contribution in [-0.2, 0) is 27.8 Å². The molecule has 2 unspecified atom stereocenters. The molecule has 0 aromatic carbocycles. The Morgan fingerprint density at radius 1 is 1.00 bits per heavy atom. The molecule has 0 aromatic rings. The van der Waals surface area contributed by atoms with Crippen LogP contribution in [0.2, 0.25) is 0 Å². The summed E-state index contributed by atoms with van der Waals surface area (Å²) in [5.74, 6) is -2.44. The minimum atomic E-state index is -3.20. The number of hydrogen-bond donors (Lipinski definition) is 4. The molecule has 0 amide bonds. The van der Waals surface area contributed by atoms with Crippen LogP contribution in [-0.4, -0.2) is 98.5 Å². The van der Waals surface area contributed by atoms with Crippen molar-refractivity contribution in [1.29, 1.82) is 0 Å². The van der Waals surface area contributed by atoms with E-state index in [9.17, 15) is 18.7 Å². The summed E-state index contributed by atoms with van der Waals surface area (Å²) >= 11 is 0. The van der Waals surface area contributed by atoms with Crippen LogP contribution in [0.25, 0.3) is 0 Å². The average molecular weight is 419 g/mol. The Hall–Kier alpha value is -0.880. The van der Waals surface area contributed by atoms with Crippen molar-refractivity contribution in [3.8, 4) is 0 Å². The molecule has 0 aliphatic carbocycles. The fraction of sp³-hybridized carbons (Fsp3) is 0.818. The number of carboxylic acid groups (broad SMARTS) is 2. The highest BCUT2D eigenvalue weighted by atomic mass is 31.1. The molecule has 0 saturated carbocycles. The van der Waals surface area contributed by atoms with Crippen molar-refractivity contribution in [3.63, 3.8) is 0 Å².